The maximum absolute atomic E-state index is 12.7. The molecule has 0 unspecified atom stereocenters. The van der Waals surface area contributed by atoms with Gasteiger partial charge in [-0.1, -0.05) is 227 Å². The van der Waals surface area contributed by atoms with E-state index in [0.29, 0.717) is 19.3 Å². The van der Waals surface area contributed by atoms with E-state index in [1.54, 1.807) is 0 Å². The summed E-state index contributed by atoms with van der Waals surface area (Å²) >= 11 is 0. The largest absolute Gasteiger partial charge is 0.462 e. The Labute approximate surface area is 342 Å². The van der Waals surface area contributed by atoms with E-state index in [2.05, 4.69) is 34.6 Å². The van der Waals surface area contributed by atoms with Crippen molar-refractivity contribution in [1.82, 2.24) is 0 Å². The summed E-state index contributed by atoms with van der Waals surface area (Å²) in [4.78, 5) is 37.8. The van der Waals surface area contributed by atoms with Crippen molar-refractivity contribution >= 4 is 17.9 Å². The Morgan fingerprint density at radius 3 is 0.891 bits per heavy atom. The van der Waals surface area contributed by atoms with Crippen molar-refractivity contribution in [2.45, 2.75) is 272 Å². The van der Waals surface area contributed by atoms with Crippen LogP contribution in [0, 0.1) is 11.8 Å². The summed E-state index contributed by atoms with van der Waals surface area (Å²) in [6.45, 7) is 11.3. The SMILES string of the molecule is CCCCCCCCCCCCCCC(=O)OC[C@H](COC(=O)CCCCCCCCCCCCC(C)C)OC(=O)CCCCCCCCCCCC(C)C. The van der Waals surface area contributed by atoms with E-state index in [1.165, 1.54) is 154 Å². The molecule has 0 rings (SSSR count). The van der Waals surface area contributed by atoms with Crippen molar-refractivity contribution in [3.05, 3.63) is 0 Å². The van der Waals surface area contributed by atoms with Crippen LogP contribution in [0.2, 0.25) is 0 Å². The minimum atomic E-state index is -0.761. The Morgan fingerprint density at radius 1 is 0.345 bits per heavy atom. The Morgan fingerprint density at radius 2 is 0.600 bits per heavy atom. The molecule has 0 radical (unpaired) electrons. The summed E-state index contributed by atoms with van der Waals surface area (Å²) in [5, 5.41) is 0. The maximum atomic E-state index is 12.7. The van der Waals surface area contributed by atoms with Crippen molar-refractivity contribution in [1.29, 1.82) is 0 Å². The van der Waals surface area contributed by atoms with Gasteiger partial charge >= 0.3 is 17.9 Å². The second-order valence-electron chi connectivity index (χ2n) is 17.7. The van der Waals surface area contributed by atoms with Crippen LogP contribution in [0.15, 0.2) is 0 Å². The number of unbranched alkanes of at least 4 members (excludes halogenated alkanes) is 28. The van der Waals surface area contributed by atoms with Crippen molar-refractivity contribution < 1.29 is 28.6 Å². The lowest BCUT2D eigenvalue weighted by Crippen LogP contribution is -2.30. The molecule has 0 spiro atoms. The first kappa shape index (κ1) is 53.4. The van der Waals surface area contributed by atoms with Crippen LogP contribution < -0.4 is 0 Å². The van der Waals surface area contributed by atoms with Gasteiger partial charge in [0, 0.05) is 19.3 Å². The molecule has 0 aliphatic carbocycles. The van der Waals surface area contributed by atoms with Gasteiger partial charge in [-0.3, -0.25) is 14.4 Å². The maximum Gasteiger partial charge on any atom is 0.306 e. The van der Waals surface area contributed by atoms with Crippen LogP contribution in [0.5, 0.6) is 0 Å². The molecular weight excluding hydrogens is 685 g/mol. The van der Waals surface area contributed by atoms with Crippen molar-refractivity contribution in [2.24, 2.45) is 11.8 Å². The highest BCUT2D eigenvalue weighted by Crippen LogP contribution is 2.17. The fraction of sp³-hybridized carbons (Fsp3) is 0.939. The summed E-state index contributed by atoms with van der Waals surface area (Å²) < 4.78 is 16.8. The number of hydrogen-bond donors (Lipinski definition) is 0. The van der Waals surface area contributed by atoms with E-state index >= 15 is 0 Å². The standard InChI is InChI=1S/C49H94O6/c1-6-7-8-9-10-11-12-13-19-24-29-34-39-47(50)53-42-46(55-49(52)41-36-31-26-21-16-18-23-28-33-38-45(4)5)43-54-48(51)40-35-30-25-20-15-14-17-22-27-32-37-44(2)3/h44-46H,6-43H2,1-5H3/t46-/m1/s1. The molecule has 1 atom stereocenters. The zero-order chi connectivity index (χ0) is 40.5. The smallest absolute Gasteiger partial charge is 0.306 e. The molecule has 0 aliphatic heterocycles. The van der Waals surface area contributed by atoms with Gasteiger partial charge in [0.1, 0.15) is 13.2 Å². The summed E-state index contributed by atoms with van der Waals surface area (Å²) in [7, 11) is 0. The number of hydrogen-bond acceptors (Lipinski definition) is 6. The predicted octanol–water partition coefficient (Wildman–Crippen LogP) is 15.4. The molecule has 0 fully saturated rings. The summed E-state index contributed by atoms with van der Waals surface area (Å²) in [6.07, 6.45) is 40.9. The van der Waals surface area contributed by atoms with E-state index in [0.717, 1.165) is 69.6 Å². The average molecular weight is 779 g/mol. The third-order valence-electron chi connectivity index (χ3n) is 11.0. The number of carbonyl (C=O) groups excluding carboxylic acids is 3. The van der Waals surface area contributed by atoms with Gasteiger partial charge in [-0.05, 0) is 31.1 Å². The molecule has 0 aromatic rings. The highest BCUT2D eigenvalue weighted by Gasteiger charge is 2.19. The lowest BCUT2D eigenvalue weighted by molar-refractivity contribution is -0.167. The van der Waals surface area contributed by atoms with Gasteiger partial charge in [0.15, 0.2) is 6.10 Å². The molecule has 0 saturated heterocycles. The van der Waals surface area contributed by atoms with Crippen molar-refractivity contribution in [3.8, 4) is 0 Å². The van der Waals surface area contributed by atoms with E-state index < -0.39 is 6.10 Å². The van der Waals surface area contributed by atoms with Crippen LogP contribution in [-0.2, 0) is 28.6 Å². The Hall–Kier alpha value is -1.59. The van der Waals surface area contributed by atoms with Crippen LogP contribution in [-0.4, -0.2) is 37.2 Å². The molecule has 326 valence electrons. The highest BCUT2D eigenvalue weighted by molar-refractivity contribution is 5.71. The molecule has 0 aromatic heterocycles. The third kappa shape index (κ3) is 43.4. The molecule has 0 heterocycles. The minimum absolute atomic E-state index is 0.0645. The third-order valence-corrected chi connectivity index (χ3v) is 11.0. The molecule has 6 nitrogen and oxygen atoms in total. The summed E-state index contributed by atoms with van der Waals surface area (Å²) in [6, 6.07) is 0. The van der Waals surface area contributed by atoms with Crippen LogP contribution in [0.3, 0.4) is 0 Å². The average Bonchev–Trinajstić information content (AvgIpc) is 3.15. The number of rotatable bonds is 43. The van der Waals surface area contributed by atoms with Gasteiger partial charge in [-0.2, -0.15) is 0 Å². The van der Waals surface area contributed by atoms with Gasteiger partial charge in [-0.15, -0.1) is 0 Å². The van der Waals surface area contributed by atoms with Gasteiger partial charge in [-0.25, -0.2) is 0 Å². The first-order valence-corrected chi connectivity index (χ1v) is 24.2. The zero-order valence-electron chi connectivity index (χ0n) is 37.6. The van der Waals surface area contributed by atoms with E-state index in [-0.39, 0.29) is 31.1 Å². The second-order valence-corrected chi connectivity index (χ2v) is 17.7. The highest BCUT2D eigenvalue weighted by atomic mass is 16.6. The number of carbonyl (C=O) groups is 3. The fourth-order valence-electron chi connectivity index (χ4n) is 7.28. The fourth-order valence-corrected chi connectivity index (χ4v) is 7.28. The molecule has 6 heteroatoms. The molecule has 0 bridgehead atoms. The molecular formula is C49H94O6. The van der Waals surface area contributed by atoms with Gasteiger partial charge in [0.2, 0.25) is 0 Å². The monoisotopic (exact) mass is 779 g/mol. The molecule has 55 heavy (non-hydrogen) atoms. The minimum Gasteiger partial charge on any atom is -0.462 e. The molecule has 0 aliphatic rings. The first-order chi connectivity index (χ1) is 26.7. The Bertz CT molecular complexity index is 839. The van der Waals surface area contributed by atoms with Gasteiger partial charge in [0.25, 0.3) is 0 Å². The molecule has 0 saturated carbocycles. The lowest BCUT2D eigenvalue weighted by Gasteiger charge is -2.18. The second kappa shape index (κ2) is 42.0. The van der Waals surface area contributed by atoms with Gasteiger partial charge < -0.3 is 14.2 Å². The lowest BCUT2D eigenvalue weighted by atomic mass is 10.0. The topological polar surface area (TPSA) is 78.9 Å². The number of ether oxygens (including phenoxy) is 3. The summed E-state index contributed by atoms with van der Waals surface area (Å²) in [5.41, 5.74) is 0. The molecule has 0 aromatic carbocycles. The van der Waals surface area contributed by atoms with Crippen LogP contribution in [0.1, 0.15) is 266 Å². The van der Waals surface area contributed by atoms with Gasteiger partial charge in [0.05, 0.1) is 0 Å². The normalized spacial score (nSPS) is 12.1. The zero-order valence-corrected chi connectivity index (χ0v) is 37.6. The first-order valence-electron chi connectivity index (χ1n) is 24.2. The molecule has 0 N–H and O–H groups in total. The quantitative estimate of drug-likeness (QED) is 0.0348. The summed E-state index contributed by atoms with van der Waals surface area (Å²) in [5.74, 6) is 0.770. The Kier molecular flexibility index (Phi) is 40.8. The van der Waals surface area contributed by atoms with E-state index in [4.69, 9.17) is 14.2 Å². The van der Waals surface area contributed by atoms with Crippen LogP contribution in [0.4, 0.5) is 0 Å². The predicted molar refractivity (Wildman–Crippen MR) is 233 cm³/mol. The van der Waals surface area contributed by atoms with Crippen molar-refractivity contribution in [3.63, 3.8) is 0 Å². The van der Waals surface area contributed by atoms with E-state index in [1.807, 2.05) is 0 Å². The van der Waals surface area contributed by atoms with Crippen LogP contribution in [0.25, 0.3) is 0 Å². The van der Waals surface area contributed by atoms with E-state index in [9.17, 15) is 14.4 Å². The Balaban J connectivity index is 4.33. The van der Waals surface area contributed by atoms with Crippen molar-refractivity contribution in [2.75, 3.05) is 13.2 Å². The molecule has 0 amide bonds. The van der Waals surface area contributed by atoms with Crippen LogP contribution >= 0.6 is 0 Å². The number of esters is 3.